The van der Waals surface area contributed by atoms with Gasteiger partial charge in [-0.3, -0.25) is 9.59 Å². The van der Waals surface area contributed by atoms with E-state index < -0.39 is 17.9 Å². The largest absolute Gasteiger partial charge is 0.481 e. The van der Waals surface area contributed by atoms with E-state index in [0.717, 1.165) is 7.11 Å². The van der Waals surface area contributed by atoms with Gasteiger partial charge in [0.2, 0.25) is 0 Å². The normalized spacial score (nSPS) is 12.4. The minimum absolute atomic E-state index is 0.0191. The van der Waals surface area contributed by atoms with Crippen LogP contribution in [0.3, 0.4) is 0 Å². The molecule has 1 aromatic rings. The maximum atomic E-state index is 11.4. The van der Waals surface area contributed by atoms with E-state index in [4.69, 9.17) is 5.11 Å². The molecule has 0 aliphatic heterocycles. The van der Waals surface area contributed by atoms with Gasteiger partial charge in [-0.25, -0.2) is 9.67 Å². The van der Waals surface area contributed by atoms with Gasteiger partial charge in [-0.05, 0) is 5.92 Å². The van der Waals surface area contributed by atoms with E-state index in [1.165, 1.54) is 6.33 Å². The molecule has 0 aromatic carbocycles. The van der Waals surface area contributed by atoms with Crippen LogP contribution in [0.25, 0.3) is 0 Å². The summed E-state index contributed by atoms with van der Waals surface area (Å²) < 4.78 is 6.08. The Labute approximate surface area is 105 Å². The summed E-state index contributed by atoms with van der Waals surface area (Å²) in [5.74, 6) is -2.42. The maximum absolute atomic E-state index is 11.4. The van der Waals surface area contributed by atoms with Gasteiger partial charge in [0.1, 0.15) is 12.2 Å². The Morgan fingerprint density at radius 3 is 2.67 bits per heavy atom. The fourth-order valence-corrected chi connectivity index (χ4v) is 1.54. The van der Waals surface area contributed by atoms with Crippen molar-refractivity contribution in [3.05, 3.63) is 12.2 Å². The molecule has 0 saturated carbocycles. The summed E-state index contributed by atoms with van der Waals surface area (Å²) in [5, 5.41) is 13.0. The summed E-state index contributed by atoms with van der Waals surface area (Å²) in [6.07, 6.45) is 1.34. The number of carboxylic acid groups (broad SMARTS) is 1. The van der Waals surface area contributed by atoms with Crippen LogP contribution in [0.5, 0.6) is 0 Å². The van der Waals surface area contributed by atoms with Crippen molar-refractivity contribution in [2.24, 2.45) is 11.8 Å². The number of esters is 1. The van der Waals surface area contributed by atoms with E-state index in [9.17, 15) is 9.59 Å². The molecule has 1 rings (SSSR count). The number of ether oxygens (including phenoxy) is 1. The molecule has 1 aromatic heterocycles. The molecule has 1 heterocycles. The van der Waals surface area contributed by atoms with Crippen molar-refractivity contribution in [2.75, 3.05) is 7.11 Å². The lowest BCUT2D eigenvalue weighted by Crippen LogP contribution is -2.28. The highest BCUT2D eigenvalue weighted by Gasteiger charge is 2.29. The first-order valence-electron chi connectivity index (χ1n) is 5.63. The predicted octanol–water partition coefficient (Wildman–Crippen LogP) is 0.350. The number of aliphatic carboxylic acids is 1. The Morgan fingerprint density at radius 2 is 2.17 bits per heavy atom. The van der Waals surface area contributed by atoms with Crippen molar-refractivity contribution in [1.29, 1.82) is 0 Å². The molecule has 0 radical (unpaired) electrons. The SMILES string of the molecule is COC(=O)C(Cc1ncnn1CC(C)C)C(=O)O. The van der Waals surface area contributed by atoms with Crippen LogP contribution >= 0.6 is 0 Å². The third kappa shape index (κ3) is 3.54. The fraction of sp³-hybridized carbons (Fsp3) is 0.636. The van der Waals surface area contributed by atoms with Gasteiger partial charge in [-0.15, -0.1) is 0 Å². The first-order chi connectivity index (χ1) is 8.45. The molecule has 100 valence electrons. The van der Waals surface area contributed by atoms with Crippen LogP contribution in [0, 0.1) is 11.8 Å². The Morgan fingerprint density at radius 1 is 1.50 bits per heavy atom. The van der Waals surface area contributed by atoms with Crippen molar-refractivity contribution >= 4 is 11.9 Å². The molecule has 1 unspecified atom stereocenters. The zero-order chi connectivity index (χ0) is 13.7. The molecule has 1 atom stereocenters. The average Bonchev–Trinajstić information content (AvgIpc) is 2.71. The van der Waals surface area contributed by atoms with Crippen LogP contribution in [-0.4, -0.2) is 38.9 Å². The van der Waals surface area contributed by atoms with Crippen LogP contribution in [-0.2, 0) is 27.3 Å². The summed E-state index contributed by atoms with van der Waals surface area (Å²) in [4.78, 5) is 26.3. The van der Waals surface area contributed by atoms with Crippen molar-refractivity contribution in [3.8, 4) is 0 Å². The molecule has 0 bridgehead atoms. The number of aromatic nitrogens is 3. The van der Waals surface area contributed by atoms with Crippen molar-refractivity contribution in [3.63, 3.8) is 0 Å². The summed E-state index contributed by atoms with van der Waals surface area (Å²) in [7, 11) is 1.16. The summed E-state index contributed by atoms with van der Waals surface area (Å²) in [5.41, 5.74) is 0. The van der Waals surface area contributed by atoms with E-state index in [0.29, 0.717) is 18.3 Å². The minimum atomic E-state index is -1.25. The van der Waals surface area contributed by atoms with E-state index in [1.807, 2.05) is 13.8 Å². The molecule has 7 nitrogen and oxygen atoms in total. The Hall–Kier alpha value is -1.92. The third-order valence-electron chi connectivity index (χ3n) is 2.40. The Kier molecular flexibility index (Phi) is 4.82. The lowest BCUT2D eigenvalue weighted by atomic mass is 10.1. The van der Waals surface area contributed by atoms with Crippen LogP contribution in [0.1, 0.15) is 19.7 Å². The second-order valence-electron chi connectivity index (χ2n) is 4.37. The molecule has 18 heavy (non-hydrogen) atoms. The Bertz CT molecular complexity index is 428. The lowest BCUT2D eigenvalue weighted by molar-refractivity contribution is -0.156. The number of methoxy groups -OCH3 is 1. The number of rotatable bonds is 6. The molecule has 1 N–H and O–H groups in total. The van der Waals surface area contributed by atoms with Gasteiger partial charge in [-0.1, -0.05) is 13.8 Å². The first kappa shape index (κ1) is 14.1. The fourth-order valence-electron chi connectivity index (χ4n) is 1.54. The smallest absolute Gasteiger partial charge is 0.320 e. The molecular weight excluding hydrogens is 238 g/mol. The highest BCUT2D eigenvalue weighted by atomic mass is 16.5. The van der Waals surface area contributed by atoms with Gasteiger partial charge in [-0.2, -0.15) is 5.10 Å². The molecule has 0 amide bonds. The first-order valence-corrected chi connectivity index (χ1v) is 5.63. The van der Waals surface area contributed by atoms with E-state index >= 15 is 0 Å². The summed E-state index contributed by atoms with van der Waals surface area (Å²) in [6, 6.07) is 0. The number of carbonyl (C=O) groups excluding carboxylic acids is 1. The number of carboxylic acids is 1. The topological polar surface area (TPSA) is 94.3 Å². The van der Waals surface area contributed by atoms with Crippen molar-refractivity contribution in [2.45, 2.75) is 26.8 Å². The van der Waals surface area contributed by atoms with Crippen molar-refractivity contribution < 1.29 is 19.4 Å². The van der Waals surface area contributed by atoms with Crippen LogP contribution in [0.15, 0.2) is 6.33 Å². The second-order valence-corrected chi connectivity index (χ2v) is 4.37. The monoisotopic (exact) mass is 255 g/mol. The zero-order valence-corrected chi connectivity index (χ0v) is 10.7. The average molecular weight is 255 g/mol. The second kappa shape index (κ2) is 6.13. The summed E-state index contributed by atoms with van der Waals surface area (Å²) in [6.45, 7) is 4.66. The van der Waals surface area contributed by atoms with Gasteiger partial charge in [0, 0.05) is 13.0 Å². The molecule has 0 aliphatic rings. The van der Waals surface area contributed by atoms with Gasteiger partial charge in [0.25, 0.3) is 0 Å². The van der Waals surface area contributed by atoms with Crippen molar-refractivity contribution in [1.82, 2.24) is 14.8 Å². The van der Waals surface area contributed by atoms with E-state index in [2.05, 4.69) is 14.8 Å². The number of hydrogen-bond donors (Lipinski definition) is 1. The predicted molar refractivity (Wildman–Crippen MR) is 61.7 cm³/mol. The molecular formula is C11H17N3O4. The van der Waals surface area contributed by atoms with E-state index in [-0.39, 0.29) is 6.42 Å². The molecule has 0 aliphatic carbocycles. The molecule has 0 saturated heterocycles. The standard InChI is InChI=1S/C11H17N3O4/c1-7(2)5-14-9(12-6-13-14)4-8(10(15)16)11(17)18-3/h6-8H,4-5H2,1-3H3,(H,15,16). The van der Waals surface area contributed by atoms with Crippen LogP contribution in [0.4, 0.5) is 0 Å². The quantitative estimate of drug-likeness (QED) is 0.582. The van der Waals surface area contributed by atoms with Gasteiger partial charge < -0.3 is 9.84 Å². The van der Waals surface area contributed by atoms with Gasteiger partial charge >= 0.3 is 11.9 Å². The van der Waals surface area contributed by atoms with Gasteiger partial charge in [0.05, 0.1) is 7.11 Å². The highest BCUT2D eigenvalue weighted by Crippen LogP contribution is 2.10. The van der Waals surface area contributed by atoms with Crippen LogP contribution in [0.2, 0.25) is 0 Å². The highest BCUT2D eigenvalue weighted by molar-refractivity contribution is 5.94. The summed E-state index contributed by atoms with van der Waals surface area (Å²) >= 11 is 0. The minimum Gasteiger partial charge on any atom is -0.481 e. The van der Waals surface area contributed by atoms with Crippen LogP contribution < -0.4 is 0 Å². The van der Waals surface area contributed by atoms with Gasteiger partial charge in [0.15, 0.2) is 5.92 Å². The van der Waals surface area contributed by atoms with E-state index in [1.54, 1.807) is 4.68 Å². The number of hydrogen-bond acceptors (Lipinski definition) is 5. The third-order valence-corrected chi connectivity index (χ3v) is 2.40. The molecule has 0 spiro atoms. The number of nitrogens with zero attached hydrogens (tertiary/aromatic N) is 3. The Balaban J connectivity index is 2.84. The number of carbonyl (C=O) groups is 2. The zero-order valence-electron chi connectivity index (χ0n) is 10.7. The lowest BCUT2D eigenvalue weighted by Gasteiger charge is -2.12. The molecule has 0 fully saturated rings. The maximum Gasteiger partial charge on any atom is 0.320 e. The molecule has 7 heteroatoms.